The van der Waals surface area contributed by atoms with E-state index in [0.717, 1.165) is 31.4 Å². The van der Waals surface area contributed by atoms with Crippen LogP contribution in [0.4, 0.5) is 5.69 Å². The molecule has 2 fully saturated rings. The van der Waals surface area contributed by atoms with Gasteiger partial charge in [0.2, 0.25) is 11.8 Å². The van der Waals surface area contributed by atoms with Crippen LogP contribution in [-0.4, -0.2) is 65.9 Å². The van der Waals surface area contributed by atoms with E-state index in [1.54, 1.807) is 4.90 Å². The molecule has 0 aromatic heterocycles. The third-order valence-corrected chi connectivity index (χ3v) is 7.20. The van der Waals surface area contributed by atoms with Crippen LogP contribution in [0.5, 0.6) is 0 Å². The number of carbonyl (C=O) groups is 3. The van der Waals surface area contributed by atoms with Gasteiger partial charge in [-0.1, -0.05) is 58.2 Å². The Hall–Kier alpha value is -2.57. The number of hydrogen-bond donors (Lipinski definition) is 1. The highest BCUT2D eigenvalue weighted by Crippen LogP contribution is 2.39. The predicted octanol–water partition coefficient (Wildman–Crippen LogP) is 3.40. The number of anilines is 1. The molecule has 2 saturated heterocycles. The Morgan fingerprint density at radius 3 is 2.42 bits per heavy atom. The van der Waals surface area contributed by atoms with Gasteiger partial charge in [0.05, 0.1) is 6.67 Å². The number of amides is 3. The molecule has 1 aromatic carbocycles. The molecule has 3 amide bonds. The Morgan fingerprint density at radius 2 is 1.79 bits per heavy atom. The van der Waals surface area contributed by atoms with Gasteiger partial charge in [-0.15, -0.1) is 0 Å². The van der Waals surface area contributed by atoms with E-state index in [2.05, 4.69) is 31.0 Å². The zero-order chi connectivity index (χ0) is 23.8. The molecule has 2 heterocycles. The maximum atomic E-state index is 13.7. The highest BCUT2D eigenvalue weighted by atomic mass is 16.2. The molecular formula is C26H40N4O3. The SMILES string of the molecule is CCCCCC(=O)N1CCC2(CC1)C(=O)N(CC(=O)NCC(C)CC)CN2c1ccccc1. The summed E-state index contributed by atoms with van der Waals surface area (Å²) >= 11 is 0. The highest BCUT2D eigenvalue weighted by molar-refractivity contribution is 5.96. The van der Waals surface area contributed by atoms with Gasteiger partial charge in [0.1, 0.15) is 12.1 Å². The van der Waals surface area contributed by atoms with Crippen LogP contribution < -0.4 is 10.2 Å². The minimum absolute atomic E-state index is 0.00289. The second kappa shape index (κ2) is 11.5. The largest absolute Gasteiger partial charge is 0.354 e. The van der Waals surface area contributed by atoms with Crippen molar-refractivity contribution in [2.24, 2.45) is 5.92 Å². The van der Waals surface area contributed by atoms with Gasteiger partial charge in [0, 0.05) is 31.7 Å². The number of nitrogens with zero attached hydrogens (tertiary/aromatic N) is 3. The molecule has 1 unspecified atom stereocenters. The Balaban J connectivity index is 1.71. The first-order valence-corrected chi connectivity index (χ1v) is 12.6. The van der Waals surface area contributed by atoms with Crippen LogP contribution >= 0.6 is 0 Å². The number of benzene rings is 1. The van der Waals surface area contributed by atoms with Crippen molar-refractivity contribution in [1.82, 2.24) is 15.1 Å². The summed E-state index contributed by atoms with van der Waals surface area (Å²) < 4.78 is 0. The average molecular weight is 457 g/mol. The molecule has 1 aromatic rings. The van der Waals surface area contributed by atoms with Gasteiger partial charge >= 0.3 is 0 Å². The van der Waals surface area contributed by atoms with Crippen LogP contribution in [0, 0.1) is 5.92 Å². The maximum Gasteiger partial charge on any atom is 0.250 e. The Labute approximate surface area is 198 Å². The van der Waals surface area contributed by atoms with Crippen LogP contribution in [0.25, 0.3) is 0 Å². The molecule has 0 aliphatic carbocycles. The van der Waals surface area contributed by atoms with E-state index in [1.807, 2.05) is 35.2 Å². The lowest BCUT2D eigenvalue weighted by Gasteiger charge is -2.43. The molecule has 3 rings (SSSR count). The van der Waals surface area contributed by atoms with E-state index in [1.165, 1.54) is 0 Å². The average Bonchev–Trinajstić information content (AvgIpc) is 3.09. The number of likely N-dealkylation sites (tertiary alicyclic amines) is 1. The Morgan fingerprint density at radius 1 is 1.09 bits per heavy atom. The van der Waals surface area contributed by atoms with Gasteiger partial charge in [-0.2, -0.15) is 0 Å². The molecule has 182 valence electrons. The van der Waals surface area contributed by atoms with Crippen molar-refractivity contribution in [3.8, 4) is 0 Å². The second-order valence-corrected chi connectivity index (χ2v) is 9.60. The molecule has 2 aliphatic heterocycles. The molecule has 2 aliphatic rings. The van der Waals surface area contributed by atoms with Gasteiger partial charge in [-0.3, -0.25) is 14.4 Å². The third-order valence-electron chi connectivity index (χ3n) is 7.20. The van der Waals surface area contributed by atoms with Crippen LogP contribution in [0.1, 0.15) is 65.7 Å². The van der Waals surface area contributed by atoms with Gasteiger partial charge in [0.15, 0.2) is 0 Å². The standard InChI is InChI=1S/C26H40N4O3/c1-4-6-8-13-24(32)28-16-14-26(15-17-28)25(33)29(19-23(31)27-18-21(3)5-2)20-30(26)22-11-9-7-10-12-22/h7,9-12,21H,4-6,8,13-20H2,1-3H3,(H,27,31). The molecular weight excluding hydrogens is 416 g/mol. The van der Waals surface area contributed by atoms with E-state index >= 15 is 0 Å². The molecule has 0 saturated carbocycles. The fourth-order valence-electron chi connectivity index (χ4n) is 4.79. The molecule has 1 atom stereocenters. The number of nitrogens with one attached hydrogen (secondary N) is 1. The minimum Gasteiger partial charge on any atom is -0.354 e. The summed E-state index contributed by atoms with van der Waals surface area (Å²) in [5.74, 6) is 0.492. The zero-order valence-electron chi connectivity index (χ0n) is 20.5. The van der Waals surface area contributed by atoms with Gasteiger partial charge in [-0.05, 0) is 37.3 Å². The van der Waals surface area contributed by atoms with Crippen molar-refractivity contribution in [2.75, 3.05) is 37.7 Å². The summed E-state index contributed by atoms with van der Waals surface area (Å²) in [6.45, 7) is 8.58. The van der Waals surface area contributed by atoms with Gasteiger partial charge in [0.25, 0.3) is 5.91 Å². The first-order valence-electron chi connectivity index (χ1n) is 12.6. The van der Waals surface area contributed by atoms with E-state index in [-0.39, 0.29) is 24.3 Å². The summed E-state index contributed by atoms with van der Waals surface area (Å²) in [5.41, 5.74) is 0.287. The second-order valence-electron chi connectivity index (χ2n) is 9.60. The lowest BCUT2D eigenvalue weighted by atomic mass is 9.85. The minimum atomic E-state index is -0.696. The number of para-hydroxylation sites is 1. The molecule has 33 heavy (non-hydrogen) atoms. The number of piperidine rings is 1. The monoisotopic (exact) mass is 456 g/mol. The smallest absolute Gasteiger partial charge is 0.250 e. The van der Waals surface area contributed by atoms with Crippen LogP contribution in [0.15, 0.2) is 30.3 Å². The molecule has 7 heteroatoms. The first-order chi connectivity index (χ1) is 15.9. The molecule has 1 spiro atoms. The quantitative estimate of drug-likeness (QED) is 0.548. The predicted molar refractivity (Wildman–Crippen MR) is 131 cm³/mol. The van der Waals surface area contributed by atoms with Crippen molar-refractivity contribution in [3.63, 3.8) is 0 Å². The van der Waals surface area contributed by atoms with E-state index in [4.69, 9.17) is 0 Å². The number of rotatable bonds is 10. The molecule has 0 radical (unpaired) electrons. The number of hydrogen-bond acceptors (Lipinski definition) is 4. The van der Waals surface area contributed by atoms with Crippen molar-refractivity contribution >= 4 is 23.4 Å². The van der Waals surface area contributed by atoms with Crippen LogP contribution in [0.3, 0.4) is 0 Å². The summed E-state index contributed by atoms with van der Waals surface area (Å²) in [7, 11) is 0. The number of unbranched alkanes of at least 4 members (excludes halogenated alkanes) is 2. The summed E-state index contributed by atoms with van der Waals surface area (Å²) in [6.07, 6.45) is 5.85. The fourth-order valence-corrected chi connectivity index (χ4v) is 4.79. The Bertz CT molecular complexity index is 805. The van der Waals surface area contributed by atoms with Gasteiger partial charge < -0.3 is 20.0 Å². The van der Waals surface area contributed by atoms with E-state index in [9.17, 15) is 14.4 Å². The van der Waals surface area contributed by atoms with Crippen molar-refractivity contribution in [1.29, 1.82) is 0 Å². The third kappa shape index (κ3) is 5.87. The van der Waals surface area contributed by atoms with E-state index < -0.39 is 5.54 Å². The summed E-state index contributed by atoms with van der Waals surface area (Å²) in [5, 5.41) is 2.97. The van der Waals surface area contributed by atoms with Crippen LogP contribution in [-0.2, 0) is 14.4 Å². The van der Waals surface area contributed by atoms with Gasteiger partial charge in [-0.25, -0.2) is 0 Å². The summed E-state index contributed by atoms with van der Waals surface area (Å²) in [6, 6.07) is 9.95. The normalized spacial score (nSPS) is 18.6. The number of carbonyl (C=O) groups excluding carboxylic acids is 3. The Kier molecular flexibility index (Phi) is 8.75. The van der Waals surface area contributed by atoms with Crippen molar-refractivity contribution < 1.29 is 14.4 Å². The first kappa shape index (κ1) is 25.1. The molecule has 7 nitrogen and oxygen atoms in total. The van der Waals surface area contributed by atoms with Crippen LogP contribution in [0.2, 0.25) is 0 Å². The molecule has 0 bridgehead atoms. The van der Waals surface area contributed by atoms with E-state index in [0.29, 0.717) is 51.5 Å². The zero-order valence-corrected chi connectivity index (χ0v) is 20.5. The summed E-state index contributed by atoms with van der Waals surface area (Å²) in [4.78, 5) is 44.6. The van der Waals surface area contributed by atoms with Crippen molar-refractivity contribution in [2.45, 2.75) is 71.3 Å². The lowest BCUT2D eigenvalue weighted by Crippen LogP contribution is -2.57. The molecule has 1 N–H and O–H groups in total. The fraction of sp³-hybridized carbons (Fsp3) is 0.654. The highest BCUT2D eigenvalue weighted by Gasteiger charge is 2.54. The lowest BCUT2D eigenvalue weighted by molar-refractivity contribution is -0.140. The maximum absolute atomic E-state index is 13.7. The van der Waals surface area contributed by atoms with Crippen molar-refractivity contribution in [3.05, 3.63) is 30.3 Å². The topological polar surface area (TPSA) is 73.0 Å².